The van der Waals surface area contributed by atoms with Gasteiger partial charge in [-0.25, -0.2) is 9.59 Å². The van der Waals surface area contributed by atoms with Gasteiger partial charge in [-0.15, -0.1) is 0 Å². The molecule has 0 aliphatic heterocycles. The van der Waals surface area contributed by atoms with Gasteiger partial charge < -0.3 is 19.5 Å². The molecule has 0 saturated heterocycles. The van der Waals surface area contributed by atoms with E-state index in [1.54, 1.807) is 4.90 Å². The van der Waals surface area contributed by atoms with E-state index in [-0.39, 0.29) is 5.97 Å². The SMILES string of the molecule is COC(=O)c1ccc(-c2ccc(CCN(C(=O)OC(C)(C)C)[C@@H](C)[C@@H](O)c3ccccc3)cc2)cc1CC(C)C. The fourth-order valence-corrected chi connectivity index (χ4v) is 4.69. The first-order chi connectivity index (χ1) is 18.9. The van der Waals surface area contributed by atoms with Crippen LogP contribution in [0.4, 0.5) is 4.79 Å². The Kier molecular flexibility index (Phi) is 10.5. The number of amides is 1. The Morgan fingerprint density at radius 3 is 2.10 bits per heavy atom. The van der Waals surface area contributed by atoms with Crippen LogP contribution in [-0.2, 0) is 22.3 Å². The molecule has 0 unspecified atom stereocenters. The molecule has 0 radical (unpaired) electrons. The summed E-state index contributed by atoms with van der Waals surface area (Å²) in [4.78, 5) is 27.0. The van der Waals surface area contributed by atoms with E-state index in [0.29, 0.717) is 24.4 Å². The van der Waals surface area contributed by atoms with Crippen LogP contribution in [0.15, 0.2) is 72.8 Å². The van der Waals surface area contributed by atoms with Gasteiger partial charge in [0.1, 0.15) is 5.60 Å². The smallest absolute Gasteiger partial charge is 0.410 e. The maximum absolute atomic E-state index is 13.2. The minimum absolute atomic E-state index is 0.321. The molecule has 0 aliphatic rings. The highest BCUT2D eigenvalue weighted by Gasteiger charge is 2.30. The van der Waals surface area contributed by atoms with Crippen LogP contribution >= 0.6 is 0 Å². The van der Waals surface area contributed by atoms with Crippen molar-refractivity contribution in [1.82, 2.24) is 4.90 Å². The summed E-state index contributed by atoms with van der Waals surface area (Å²) in [6, 6.07) is 23.0. The van der Waals surface area contributed by atoms with Crippen molar-refractivity contribution in [3.63, 3.8) is 0 Å². The lowest BCUT2D eigenvalue weighted by molar-refractivity contribution is -0.00239. The number of carbonyl (C=O) groups excluding carboxylic acids is 2. The fourth-order valence-electron chi connectivity index (χ4n) is 4.69. The quantitative estimate of drug-likeness (QED) is 0.272. The lowest BCUT2D eigenvalue weighted by Gasteiger charge is -2.34. The minimum Gasteiger partial charge on any atom is -0.465 e. The van der Waals surface area contributed by atoms with Crippen LogP contribution in [0.1, 0.15) is 74.7 Å². The first kappa shape index (κ1) is 30.9. The van der Waals surface area contributed by atoms with Crippen LogP contribution in [0.3, 0.4) is 0 Å². The fraction of sp³-hybridized carbons (Fsp3) is 0.412. The van der Waals surface area contributed by atoms with Crippen molar-refractivity contribution in [2.75, 3.05) is 13.7 Å². The molecule has 40 heavy (non-hydrogen) atoms. The van der Waals surface area contributed by atoms with Gasteiger partial charge in [0.15, 0.2) is 0 Å². The third kappa shape index (κ3) is 8.43. The van der Waals surface area contributed by atoms with E-state index in [4.69, 9.17) is 9.47 Å². The maximum atomic E-state index is 13.2. The number of hydrogen-bond donors (Lipinski definition) is 1. The third-order valence-corrected chi connectivity index (χ3v) is 6.79. The second kappa shape index (κ2) is 13.6. The molecule has 0 aliphatic carbocycles. The molecule has 0 spiro atoms. The number of aliphatic hydroxyl groups is 1. The van der Waals surface area contributed by atoms with Crippen LogP contribution in [0.5, 0.6) is 0 Å². The van der Waals surface area contributed by atoms with Crippen molar-refractivity contribution in [3.05, 3.63) is 95.1 Å². The molecule has 0 fully saturated rings. The Morgan fingerprint density at radius 1 is 0.900 bits per heavy atom. The molecule has 0 bridgehead atoms. The molecule has 0 aromatic heterocycles. The molecule has 0 heterocycles. The Labute approximate surface area is 238 Å². The number of methoxy groups -OCH3 is 1. The van der Waals surface area contributed by atoms with Crippen molar-refractivity contribution in [2.24, 2.45) is 5.92 Å². The van der Waals surface area contributed by atoms with Crippen molar-refractivity contribution < 1.29 is 24.2 Å². The van der Waals surface area contributed by atoms with E-state index in [1.165, 1.54) is 7.11 Å². The Bertz CT molecular complexity index is 1260. The van der Waals surface area contributed by atoms with Crippen molar-refractivity contribution in [3.8, 4) is 11.1 Å². The standard InChI is InChI=1S/C34H43NO5/c1-23(2)21-29-22-28(17-18-30(29)32(37)39-7)26-15-13-25(14-16-26)19-20-35(33(38)40-34(4,5)6)24(3)31(36)27-11-9-8-10-12-27/h8-18,22-24,31,36H,19-21H2,1-7H3/t24-,31+/m0/s1. The van der Waals surface area contributed by atoms with Crippen molar-refractivity contribution in [1.29, 1.82) is 0 Å². The highest BCUT2D eigenvalue weighted by molar-refractivity contribution is 5.92. The molecular weight excluding hydrogens is 502 g/mol. The predicted octanol–water partition coefficient (Wildman–Crippen LogP) is 7.24. The van der Waals surface area contributed by atoms with Gasteiger partial charge in [0, 0.05) is 6.54 Å². The predicted molar refractivity (Wildman–Crippen MR) is 159 cm³/mol. The van der Waals surface area contributed by atoms with Gasteiger partial charge in [-0.05, 0) is 80.3 Å². The van der Waals surface area contributed by atoms with Crippen LogP contribution < -0.4 is 0 Å². The number of esters is 1. The maximum Gasteiger partial charge on any atom is 0.410 e. The van der Waals surface area contributed by atoms with E-state index in [9.17, 15) is 14.7 Å². The first-order valence-electron chi connectivity index (χ1n) is 13.9. The molecule has 3 aromatic carbocycles. The normalized spacial score (nSPS) is 13.0. The number of benzene rings is 3. The van der Waals surface area contributed by atoms with Crippen molar-refractivity contribution >= 4 is 12.1 Å². The van der Waals surface area contributed by atoms with Gasteiger partial charge in [0.2, 0.25) is 0 Å². The average molecular weight is 546 g/mol. The molecular formula is C34H43NO5. The third-order valence-electron chi connectivity index (χ3n) is 6.79. The number of rotatable bonds is 10. The van der Waals surface area contributed by atoms with E-state index >= 15 is 0 Å². The number of nitrogens with zero attached hydrogens (tertiary/aromatic N) is 1. The van der Waals surface area contributed by atoms with E-state index in [1.807, 2.05) is 70.2 Å². The zero-order valence-corrected chi connectivity index (χ0v) is 24.8. The van der Waals surface area contributed by atoms with Gasteiger partial charge in [-0.2, -0.15) is 0 Å². The molecule has 2 atom stereocenters. The summed E-state index contributed by atoms with van der Waals surface area (Å²) in [6.45, 7) is 12.0. The number of hydrogen-bond acceptors (Lipinski definition) is 5. The van der Waals surface area contributed by atoms with Gasteiger partial charge in [0.05, 0.1) is 24.8 Å². The summed E-state index contributed by atoms with van der Waals surface area (Å²) in [5, 5.41) is 11.0. The Balaban J connectivity index is 1.79. The van der Waals surface area contributed by atoms with Gasteiger partial charge in [-0.3, -0.25) is 0 Å². The molecule has 0 saturated carbocycles. The molecule has 1 amide bonds. The van der Waals surface area contributed by atoms with Crippen LogP contribution in [0.25, 0.3) is 11.1 Å². The highest BCUT2D eigenvalue weighted by atomic mass is 16.6. The van der Waals surface area contributed by atoms with E-state index in [0.717, 1.165) is 34.2 Å². The summed E-state index contributed by atoms with van der Waals surface area (Å²) in [5.41, 5.74) is 4.82. The zero-order valence-electron chi connectivity index (χ0n) is 24.8. The van der Waals surface area contributed by atoms with Crippen molar-refractivity contribution in [2.45, 2.75) is 72.1 Å². The van der Waals surface area contributed by atoms with E-state index in [2.05, 4.69) is 44.2 Å². The molecule has 6 heteroatoms. The first-order valence-corrected chi connectivity index (χ1v) is 13.9. The number of aliphatic hydroxyl groups excluding tert-OH is 1. The zero-order chi connectivity index (χ0) is 29.4. The second-order valence-corrected chi connectivity index (χ2v) is 11.7. The summed E-state index contributed by atoms with van der Waals surface area (Å²) in [5.74, 6) is 0.0791. The van der Waals surface area contributed by atoms with Crippen LogP contribution in [-0.4, -0.2) is 47.4 Å². The lowest BCUT2D eigenvalue weighted by Crippen LogP contribution is -2.45. The Morgan fingerprint density at radius 2 is 1.52 bits per heavy atom. The summed E-state index contributed by atoms with van der Waals surface area (Å²) in [6.07, 6.45) is 0.0915. The summed E-state index contributed by atoms with van der Waals surface area (Å²) < 4.78 is 10.7. The summed E-state index contributed by atoms with van der Waals surface area (Å²) >= 11 is 0. The molecule has 3 rings (SSSR count). The minimum atomic E-state index is -0.843. The lowest BCUT2D eigenvalue weighted by atomic mass is 9.93. The Hall–Kier alpha value is -3.64. The number of carbonyl (C=O) groups is 2. The molecule has 3 aromatic rings. The monoisotopic (exact) mass is 545 g/mol. The summed E-state index contributed by atoms with van der Waals surface area (Å²) in [7, 11) is 1.40. The molecule has 6 nitrogen and oxygen atoms in total. The van der Waals surface area contributed by atoms with Gasteiger partial charge in [0.25, 0.3) is 0 Å². The molecule has 214 valence electrons. The number of ether oxygens (including phenoxy) is 2. The van der Waals surface area contributed by atoms with E-state index < -0.39 is 23.8 Å². The molecule has 1 N–H and O–H groups in total. The second-order valence-electron chi connectivity index (χ2n) is 11.7. The van der Waals surface area contributed by atoms with Crippen LogP contribution in [0.2, 0.25) is 0 Å². The van der Waals surface area contributed by atoms with Gasteiger partial charge in [-0.1, -0.05) is 80.6 Å². The average Bonchev–Trinajstić information content (AvgIpc) is 2.91. The topological polar surface area (TPSA) is 76.1 Å². The largest absolute Gasteiger partial charge is 0.465 e. The van der Waals surface area contributed by atoms with Gasteiger partial charge >= 0.3 is 12.1 Å². The highest BCUT2D eigenvalue weighted by Crippen LogP contribution is 2.27. The van der Waals surface area contributed by atoms with Crippen LogP contribution in [0, 0.1) is 5.92 Å².